The number of ether oxygens (including phenoxy) is 1. The summed E-state index contributed by atoms with van der Waals surface area (Å²) in [7, 11) is 0. The summed E-state index contributed by atoms with van der Waals surface area (Å²) in [5, 5.41) is 0. The van der Waals surface area contributed by atoms with Crippen molar-refractivity contribution in [1.29, 1.82) is 0 Å². The lowest BCUT2D eigenvalue weighted by Gasteiger charge is -2.15. The van der Waals surface area contributed by atoms with Gasteiger partial charge in [-0.3, -0.25) is 0 Å². The molecule has 0 bridgehead atoms. The molecule has 1 saturated heterocycles. The number of alkyl halides is 2. The van der Waals surface area contributed by atoms with Gasteiger partial charge < -0.3 is 4.74 Å². The fourth-order valence-corrected chi connectivity index (χ4v) is 2.74. The van der Waals surface area contributed by atoms with Crippen molar-refractivity contribution in [2.75, 3.05) is 13.2 Å². The molecule has 1 nitrogen and oxygen atoms in total. The second kappa shape index (κ2) is 1.82. The van der Waals surface area contributed by atoms with Crippen molar-refractivity contribution in [3.63, 3.8) is 0 Å². The van der Waals surface area contributed by atoms with Crippen molar-refractivity contribution in [2.45, 2.75) is 17.7 Å². The molecule has 0 aromatic heterocycles. The molecule has 2 unspecified atom stereocenters. The molecule has 0 spiro atoms. The van der Waals surface area contributed by atoms with Gasteiger partial charge in [0, 0.05) is 17.9 Å². The van der Waals surface area contributed by atoms with Gasteiger partial charge in [0.1, 0.15) is 4.33 Å². The predicted octanol–water partition coefficient (Wildman–Crippen LogP) is 2.22. The summed E-state index contributed by atoms with van der Waals surface area (Å²) in [6.07, 6.45) is 1.00. The molecule has 1 aliphatic carbocycles. The summed E-state index contributed by atoms with van der Waals surface area (Å²) in [5.41, 5.74) is 0.147. The molecule has 10 heavy (non-hydrogen) atoms. The van der Waals surface area contributed by atoms with E-state index in [2.05, 4.69) is 6.92 Å². The Morgan fingerprint density at radius 2 is 2.20 bits per heavy atom. The number of hydrogen-bond donors (Lipinski definition) is 0. The highest BCUT2D eigenvalue weighted by Gasteiger charge is 2.73. The minimum atomic E-state index is -0.497. The molecule has 0 aromatic carbocycles. The van der Waals surface area contributed by atoms with E-state index in [4.69, 9.17) is 27.9 Å². The molecule has 1 saturated carbocycles. The normalized spacial score (nSPS) is 50.1. The molecule has 1 heterocycles. The molecule has 0 amide bonds. The van der Waals surface area contributed by atoms with Crippen LogP contribution >= 0.6 is 23.2 Å². The third-order valence-corrected chi connectivity index (χ3v) is 4.33. The van der Waals surface area contributed by atoms with Gasteiger partial charge in [0.25, 0.3) is 0 Å². The van der Waals surface area contributed by atoms with Crippen molar-refractivity contribution in [2.24, 2.45) is 11.3 Å². The van der Waals surface area contributed by atoms with Gasteiger partial charge >= 0.3 is 0 Å². The highest BCUT2D eigenvalue weighted by Crippen LogP contribution is 2.71. The fourth-order valence-electron chi connectivity index (χ4n) is 1.79. The van der Waals surface area contributed by atoms with Gasteiger partial charge in [0.2, 0.25) is 0 Å². The Balaban J connectivity index is 2.20. The molecule has 1 aliphatic heterocycles. The lowest BCUT2D eigenvalue weighted by molar-refractivity contribution is 0.0667. The molecule has 0 N–H and O–H groups in total. The van der Waals surface area contributed by atoms with Crippen LogP contribution in [0.15, 0.2) is 0 Å². The average Bonchev–Trinajstić information content (AvgIpc) is 2.30. The first-order valence-corrected chi connectivity index (χ1v) is 4.30. The minimum absolute atomic E-state index is 0.147. The van der Waals surface area contributed by atoms with E-state index in [1.165, 1.54) is 0 Å². The molecular weight excluding hydrogens is 171 g/mol. The van der Waals surface area contributed by atoms with Gasteiger partial charge in [-0.25, -0.2) is 0 Å². The first kappa shape index (κ1) is 7.20. The van der Waals surface area contributed by atoms with Crippen LogP contribution in [0.25, 0.3) is 0 Å². The molecule has 2 aliphatic rings. The van der Waals surface area contributed by atoms with Crippen LogP contribution in [0.2, 0.25) is 0 Å². The SMILES string of the molecule is CC12CCOCC1C2(Cl)Cl. The van der Waals surface area contributed by atoms with Crippen molar-refractivity contribution < 1.29 is 4.74 Å². The lowest BCUT2D eigenvalue weighted by Crippen LogP contribution is -2.14. The molecule has 0 radical (unpaired) electrons. The van der Waals surface area contributed by atoms with Crippen LogP contribution in [0.3, 0.4) is 0 Å². The largest absolute Gasteiger partial charge is 0.381 e. The van der Waals surface area contributed by atoms with E-state index in [0.29, 0.717) is 5.92 Å². The Bertz CT molecular complexity index is 169. The van der Waals surface area contributed by atoms with Gasteiger partial charge in [-0.2, -0.15) is 0 Å². The Labute approximate surface area is 70.6 Å². The highest BCUT2D eigenvalue weighted by molar-refractivity contribution is 6.51. The van der Waals surface area contributed by atoms with E-state index in [0.717, 1.165) is 19.6 Å². The first-order valence-electron chi connectivity index (χ1n) is 3.54. The van der Waals surface area contributed by atoms with Crippen LogP contribution in [0.4, 0.5) is 0 Å². The van der Waals surface area contributed by atoms with Crippen molar-refractivity contribution in [3.8, 4) is 0 Å². The zero-order valence-corrected chi connectivity index (χ0v) is 7.37. The molecule has 2 fully saturated rings. The summed E-state index contributed by atoms with van der Waals surface area (Å²) < 4.78 is 4.76. The van der Waals surface area contributed by atoms with Crippen molar-refractivity contribution in [1.82, 2.24) is 0 Å². The standard InChI is InChI=1S/C7H10Cl2O/c1-6-2-3-10-4-5(6)7(6,8)9/h5H,2-4H2,1H3. The van der Waals surface area contributed by atoms with E-state index >= 15 is 0 Å². The molecule has 2 rings (SSSR count). The van der Waals surface area contributed by atoms with Gasteiger partial charge in [-0.15, -0.1) is 23.2 Å². The second-order valence-corrected chi connectivity index (χ2v) is 4.80. The lowest BCUT2D eigenvalue weighted by atomic mass is 10.0. The second-order valence-electron chi connectivity index (χ2n) is 3.42. The Hall–Kier alpha value is 0.540. The number of rotatable bonds is 0. The maximum absolute atomic E-state index is 6.04. The molecule has 58 valence electrons. The Morgan fingerprint density at radius 1 is 1.50 bits per heavy atom. The number of halogens is 2. The molecule has 0 aromatic rings. The number of fused-ring (bicyclic) bond motifs is 1. The van der Waals surface area contributed by atoms with E-state index in [-0.39, 0.29) is 5.41 Å². The van der Waals surface area contributed by atoms with E-state index in [9.17, 15) is 0 Å². The fraction of sp³-hybridized carbons (Fsp3) is 1.00. The van der Waals surface area contributed by atoms with Gasteiger partial charge in [0.05, 0.1) is 6.61 Å². The van der Waals surface area contributed by atoms with E-state index in [1.807, 2.05) is 0 Å². The molecule has 3 heteroatoms. The topological polar surface area (TPSA) is 9.23 Å². The van der Waals surface area contributed by atoms with Gasteiger partial charge in [-0.05, 0) is 6.42 Å². The zero-order chi connectivity index (χ0) is 7.41. The quantitative estimate of drug-likeness (QED) is 0.520. The maximum atomic E-state index is 6.04. The summed E-state index contributed by atoms with van der Waals surface area (Å²) in [6.45, 7) is 3.69. The summed E-state index contributed by atoms with van der Waals surface area (Å²) >= 11 is 12.1. The van der Waals surface area contributed by atoms with Crippen molar-refractivity contribution >= 4 is 23.2 Å². The van der Waals surface area contributed by atoms with Gasteiger partial charge in [-0.1, -0.05) is 6.92 Å². The minimum Gasteiger partial charge on any atom is -0.381 e. The summed E-state index contributed by atoms with van der Waals surface area (Å²) in [4.78, 5) is 0. The molecule has 2 atom stereocenters. The van der Waals surface area contributed by atoms with Crippen molar-refractivity contribution in [3.05, 3.63) is 0 Å². The highest BCUT2D eigenvalue weighted by atomic mass is 35.5. The van der Waals surface area contributed by atoms with E-state index in [1.54, 1.807) is 0 Å². The Kier molecular flexibility index (Phi) is 1.31. The van der Waals surface area contributed by atoms with E-state index < -0.39 is 4.33 Å². The third-order valence-electron chi connectivity index (χ3n) is 2.94. The van der Waals surface area contributed by atoms with Gasteiger partial charge in [0.15, 0.2) is 0 Å². The average molecular weight is 181 g/mol. The van der Waals surface area contributed by atoms with Crippen LogP contribution in [0.5, 0.6) is 0 Å². The Morgan fingerprint density at radius 3 is 2.60 bits per heavy atom. The first-order chi connectivity index (χ1) is 4.59. The predicted molar refractivity (Wildman–Crippen MR) is 41.5 cm³/mol. The maximum Gasteiger partial charge on any atom is 0.129 e. The summed E-state index contributed by atoms with van der Waals surface area (Å²) in [5.74, 6) is 0.372. The zero-order valence-electron chi connectivity index (χ0n) is 5.86. The van der Waals surface area contributed by atoms with Crippen LogP contribution < -0.4 is 0 Å². The van der Waals surface area contributed by atoms with Crippen LogP contribution in [-0.2, 0) is 4.74 Å². The van der Waals surface area contributed by atoms with Crippen LogP contribution in [-0.4, -0.2) is 17.5 Å². The van der Waals surface area contributed by atoms with Crippen LogP contribution in [0.1, 0.15) is 13.3 Å². The van der Waals surface area contributed by atoms with Crippen LogP contribution in [0, 0.1) is 11.3 Å². The summed E-state index contributed by atoms with van der Waals surface area (Å²) in [6, 6.07) is 0. The third kappa shape index (κ3) is 0.640. The molecular formula is C7H10Cl2O. The monoisotopic (exact) mass is 180 g/mol. The smallest absolute Gasteiger partial charge is 0.129 e. The number of hydrogen-bond acceptors (Lipinski definition) is 1.